The van der Waals surface area contributed by atoms with Gasteiger partial charge in [-0.1, -0.05) is 19.8 Å². The van der Waals surface area contributed by atoms with Gasteiger partial charge in [0.1, 0.15) is 6.29 Å². The zero-order valence-corrected chi connectivity index (χ0v) is 10.3. The minimum absolute atomic E-state index is 0.0321. The Morgan fingerprint density at radius 1 is 1.44 bits per heavy atom. The van der Waals surface area contributed by atoms with E-state index >= 15 is 0 Å². The minimum Gasteiger partial charge on any atom is -0.376 e. The summed E-state index contributed by atoms with van der Waals surface area (Å²) in [7, 11) is 0. The maximum Gasteiger partial charge on any atom is 0.127 e. The normalized spacial score (nSPS) is 30.4. The van der Waals surface area contributed by atoms with E-state index in [1.807, 2.05) is 0 Å². The molecule has 0 spiro atoms. The van der Waals surface area contributed by atoms with Crippen LogP contribution in [0.2, 0.25) is 0 Å². The van der Waals surface area contributed by atoms with Gasteiger partial charge in [-0.2, -0.15) is 0 Å². The number of hydrogen-bond acceptors (Lipinski definition) is 3. The molecule has 2 fully saturated rings. The van der Waals surface area contributed by atoms with Crippen molar-refractivity contribution in [2.45, 2.75) is 45.1 Å². The minimum atomic E-state index is -0.0321. The molecular formula is C13H23NO2. The van der Waals surface area contributed by atoms with Gasteiger partial charge in [0, 0.05) is 25.0 Å². The SMILES string of the molecule is CCC1CN(CC2(C=O)CCCC2)CCO1. The summed E-state index contributed by atoms with van der Waals surface area (Å²) in [6.07, 6.45) is 7.29. The molecule has 0 bridgehead atoms. The first kappa shape index (κ1) is 12.1. The van der Waals surface area contributed by atoms with Crippen LogP contribution in [0.15, 0.2) is 0 Å². The average molecular weight is 225 g/mol. The first-order valence-corrected chi connectivity index (χ1v) is 6.58. The second-order valence-corrected chi connectivity index (χ2v) is 5.32. The largest absolute Gasteiger partial charge is 0.376 e. The van der Waals surface area contributed by atoms with Crippen molar-refractivity contribution >= 4 is 6.29 Å². The van der Waals surface area contributed by atoms with Crippen LogP contribution in [0.25, 0.3) is 0 Å². The molecule has 0 radical (unpaired) electrons. The molecule has 0 N–H and O–H groups in total. The molecular weight excluding hydrogens is 202 g/mol. The van der Waals surface area contributed by atoms with Crippen molar-refractivity contribution in [1.29, 1.82) is 0 Å². The Morgan fingerprint density at radius 2 is 2.19 bits per heavy atom. The first-order chi connectivity index (χ1) is 7.78. The summed E-state index contributed by atoms with van der Waals surface area (Å²) in [5.41, 5.74) is -0.0321. The Hall–Kier alpha value is -0.410. The lowest BCUT2D eigenvalue weighted by molar-refractivity contribution is -0.118. The molecule has 16 heavy (non-hydrogen) atoms. The van der Waals surface area contributed by atoms with Crippen molar-refractivity contribution in [2.24, 2.45) is 5.41 Å². The highest BCUT2D eigenvalue weighted by atomic mass is 16.5. The zero-order valence-electron chi connectivity index (χ0n) is 10.3. The predicted molar refractivity (Wildman–Crippen MR) is 63.4 cm³/mol. The summed E-state index contributed by atoms with van der Waals surface area (Å²) >= 11 is 0. The van der Waals surface area contributed by atoms with Crippen molar-refractivity contribution in [3.05, 3.63) is 0 Å². The van der Waals surface area contributed by atoms with Gasteiger partial charge in [0.25, 0.3) is 0 Å². The molecule has 1 unspecified atom stereocenters. The summed E-state index contributed by atoms with van der Waals surface area (Å²) in [5, 5.41) is 0. The van der Waals surface area contributed by atoms with Gasteiger partial charge in [0.05, 0.1) is 12.7 Å². The number of hydrogen-bond donors (Lipinski definition) is 0. The highest BCUT2D eigenvalue weighted by molar-refractivity contribution is 5.60. The standard InChI is InChI=1S/C13H23NO2/c1-2-12-9-14(7-8-16-12)10-13(11-15)5-3-4-6-13/h11-12H,2-10H2,1H3. The first-order valence-electron chi connectivity index (χ1n) is 6.58. The molecule has 2 aliphatic rings. The van der Waals surface area contributed by atoms with Gasteiger partial charge in [-0.3, -0.25) is 4.90 Å². The molecule has 1 heterocycles. The number of carbonyl (C=O) groups is 1. The molecule has 1 saturated carbocycles. The molecule has 2 rings (SSSR count). The van der Waals surface area contributed by atoms with Crippen LogP contribution in [-0.2, 0) is 9.53 Å². The Morgan fingerprint density at radius 3 is 2.81 bits per heavy atom. The maximum absolute atomic E-state index is 11.3. The second kappa shape index (κ2) is 5.28. The van der Waals surface area contributed by atoms with Crippen LogP contribution in [0.5, 0.6) is 0 Å². The lowest BCUT2D eigenvalue weighted by Gasteiger charge is -2.37. The highest BCUT2D eigenvalue weighted by Crippen LogP contribution is 2.37. The third kappa shape index (κ3) is 2.64. The number of ether oxygens (including phenoxy) is 1. The molecule has 1 aliphatic carbocycles. The number of aldehydes is 1. The van der Waals surface area contributed by atoms with Gasteiger partial charge in [-0.05, 0) is 19.3 Å². The van der Waals surface area contributed by atoms with Gasteiger partial charge in [0.15, 0.2) is 0 Å². The van der Waals surface area contributed by atoms with Crippen molar-refractivity contribution < 1.29 is 9.53 Å². The quantitative estimate of drug-likeness (QED) is 0.684. The fraction of sp³-hybridized carbons (Fsp3) is 0.923. The number of carbonyl (C=O) groups excluding carboxylic acids is 1. The maximum atomic E-state index is 11.3. The fourth-order valence-corrected chi connectivity index (χ4v) is 3.01. The molecule has 92 valence electrons. The molecule has 3 heteroatoms. The van der Waals surface area contributed by atoms with E-state index in [-0.39, 0.29) is 5.41 Å². The summed E-state index contributed by atoms with van der Waals surface area (Å²) in [6.45, 7) is 5.95. The van der Waals surface area contributed by atoms with Crippen LogP contribution < -0.4 is 0 Å². The van der Waals surface area contributed by atoms with E-state index < -0.39 is 0 Å². The van der Waals surface area contributed by atoms with Crippen LogP contribution >= 0.6 is 0 Å². The third-order valence-electron chi connectivity index (χ3n) is 4.07. The van der Waals surface area contributed by atoms with E-state index in [9.17, 15) is 4.79 Å². The van der Waals surface area contributed by atoms with Gasteiger partial charge in [-0.15, -0.1) is 0 Å². The van der Waals surface area contributed by atoms with Gasteiger partial charge in [0.2, 0.25) is 0 Å². The van der Waals surface area contributed by atoms with E-state index in [0.29, 0.717) is 6.10 Å². The zero-order chi connectivity index (χ0) is 11.4. The van der Waals surface area contributed by atoms with Crippen LogP contribution in [0, 0.1) is 5.41 Å². The van der Waals surface area contributed by atoms with E-state index in [1.165, 1.54) is 19.1 Å². The van der Waals surface area contributed by atoms with E-state index in [0.717, 1.165) is 45.5 Å². The molecule has 0 aromatic rings. The van der Waals surface area contributed by atoms with Crippen molar-refractivity contribution in [3.63, 3.8) is 0 Å². The Bertz CT molecular complexity index is 236. The number of morpholine rings is 1. The lowest BCUT2D eigenvalue weighted by atomic mass is 9.87. The topological polar surface area (TPSA) is 29.5 Å². The van der Waals surface area contributed by atoms with E-state index in [1.54, 1.807) is 0 Å². The van der Waals surface area contributed by atoms with Crippen molar-refractivity contribution in [1.82, 2.24) is 4.90 Å². The summed E-state index contributed by atoms with van der Waals surface area (Å²) in [5.74, 6) is 0. The Balaban J connectivity index is 1.90. The second-order valence-electron chi connectivity index (χ2n) is 5.32. The lowest BCUT2D eigenvalue weighted by Crippen LogP contribution is -2.47. The molecule has 1 atom stereocenters. The monoisotopic (exact) mass is 225 g/mol. The Labute approximate surface area is 98.1 Å². The Kier molecular flexibility index (Phi) is 3.98. The fourth-order valence-electron chi connectivity index (χ4n) is 3.01. The molecule has 1 aliphatic heterocycles. The van der Waals surface area contributed by atoms with E-state index in [4.69, 9.17) is 4.74 Å². The van der Waals surface area contributed by atoms with Crippen LogP contribution in [0.3, 0.4) is 0 Å². The summed E-state index contributed by atoms with van der Waals surface area (Å²) in [4.78, 5) is 13.7. The number of nitrogens with zero attached hydrogens (tertiary/aromatic N) is 1. The molecule has 0 aromatic carbocycles. The highest BCUT2D eigenvalue weighted by Gasteiger charge is 2.36. The predicted octanol–water partition coefficient (Wildman–Crippen LogP) is 1.86. The summed E-state index contributed by atoms with van der Waals surface area (Å²) in [6, 6.07) is 0. The van der Waals surface area contributed by atoms with Crippen molar-refractivity contribution in [2.75, 3.05) is 26.2 Å². The van der Waals surface area contributed by atoms with Gasteiger partial charge in [-0.25, -0.2) is 0 Å². The molecule has 0 amide bonds. The van der Waals surface area contributed by atoms with Gasteiger partial charge >= 0.3 is 0 Å². The molecule has 3 nitrogen and oxygen atoms in total. The van der Waals surface area contributed by atoms with Crippen LogP contribution in [0.4, 0.5) is 0 Å². The smallest absolute Gasteiger partial charge is 0.127 e. The van der Waals surface area contributed by atoms with Crippen LogP contribution in [-0.4, -0.2) is 43.5 Å². The summed E-state index contributed by atoms with van der Waals surface area (Å²) < 4.78 is 5.66. The van der Waals surface area contributed by atoms with Crippen molar-refractivity contribution in [3.8, 4) is 0 Å². The number of rotatable bonds is 4. The molecule has 0 aromatic heterocycles. The van der Waals surface area contributed by atoms with E-state index in [2.05, 4.69) is 11.8 Å². The average Bonchev–Trinajstić information content (AvgIpc) is 2.78. The molecule has 1 saturated heterocycles. The third-order valence-corrected chi connectivity index (χ3v) is 4.07. The van der Waals surface area contributed by atoms with Gasteiger partial charge < -0.3 is 9.53 Å². The van der Waals surface area contributed by atoms with Crippen LogP contribution in [0.1, 0.15) is 39.0 Å².